The van der Waals surface area contributed by atoms with Crippen LogP contribution in [-0.2, 0) is 9.53 Å². The first-order chi connectivity index (χ1) is 5.26. The molecule has 0 aromatic rings. The van der Waals surface area contributed by atoms with Crippen molar-refractivity contribution in [3.8, 4) is 0 Å². The molecule has 2 N–H and O–H groups in total. The second-order valence-corrected chi connectivity index (χ2v) is 3.47. The van der Waals surface area contributed by atoms with E-state index in [1.54, 1.807) is 0 Å². The predicted molar refractivity (Wildman–Crippen MR) is 44.0 cm³/mol. The number of nitrogens with two attached hydrogens (primary N) is 1. The van der Waals surface area contributed by atoms with Crippen molar-refractivity contribution in [3.05, 3.63) is 0 Å². The molecule has 0 aliphatic carbocycles. The molecule has 0 spiro atoms. The number of methoxy groups -OCH3 is 1. The van der Waals surface area contributed by atoms with Crippen molar-refractivity contribution in [2.45, 2.75) is 5.25 Å². The first kappa shape index (κ1) is 8.83. The van der Waals surface area contributed by atoms with Gasteiger partial charge in [-0.2, -0.15) is 0 Å². The fraction of sp³-hybridized carbons (Fsp3) is 0.833. The van der Waals surface area contributed by atoms with Gasteiger partial charge in [0.05, 0.1) is 13.7 Å². The number of esters is 1. The second-order valence-electron chi connectivity index (χ2n) is 2.53. The molecule has 0 atom stereocenters. The van der Waals surface area contributed by atoms with Crippen molar-refractivity contribution in [3.63, 3.8) is 0 Å². The number of likely N-dealkylation sites (tertiary alicyclic amines) is 1. The van der Waals surface area contributed by atoms with Gasteiger partial charge < -0.3 is 4.74 Å². The van der Waals surface area contributed by atoms with Gasteiger partial charge in [-0.1, -0.05) is 11.9 Å². The Hall–Kier alpha value is -0.260. The van der Waals surface area contributed by atoms with Crippen LogP contribution in [0.3, 0.4) is 0 Å². The standard InChI is InChI=1S/C6H12N2O2S/c1-10-6(9)4-8-2-5(3-8)11-7/h5H,2-4,7H2,1H3. The summed E-state index contributed by atoms with van der Waals surface area (Å²) in [5.41, 5.74) is 0. The van der Waals surface area contributed by atoms with Crippen LogP contribution in [0.4, 0.5) is 0 Å². The van der Waals surface area contributed by atoms with E-state index in [0.717, 1.165) is 13.1 Å². The van der Waals surface area contributed by atoms with E-state index >= 15 is 0 Å². The van der Waals surface area contributed by atoms with Gasteiger partial charge in [0.1, 0.15) is 0 Å². The van der Waals surface area contributed by atoms with Gasteiger partial charge in [-0.25, -0.2) is 0 Å². The third-order valence-electron chi connectivity index (χ3n) is 1.70. The minimum Gasteiger partial charge on any atom is -0.468 e. The van der Waals surface area contributed by atoms with Crippen molar-refractivity contribution < 1.29 is 9.53 Å². The van der Waals surface area contributed by atoms with Crippen LogP contribution in [0.15, 0.2) is 0 Å². The van der Waals surface area contributed by atoms with Gasteiger partial charge in [0.25, 0.3) is 0 Å². The molecule has 1 rings (SSSR count). The molecule has 1 aliphatic rings. The molecular weight excluding hydrogens is 164 g/mol. The Morgan fingerprint density at radius 2 is 2.45 bits per heavy atom. The lowest BCUT2D eigenvalue weighted by atomic mass is 10.2. The van der Waals surface area contributed by atoms with Gasteiger partial charge in [-0.3, -0.25) is 14.8 Å². The smallest absolute Gasteiger partial charge is 0.319 e. The van der Waals surface area contributed by atoms with E-state index in [-0.39, 0.29) is 5.97 Å². The molecule has 0 bridgehead atoms. The zero-order chi connectivity index (χ0) is 8.27. The van der Waals surface area contributed by atoms with Crippen molar-refractivity contribution in [2.75, 3.05) is 26.7 Å². The maximum Gasteiger partial charge on any atom is 0.319 e. The second kappa shape index (κ2) is 3.94. The largest absolute Gasteiger partial charge is 0.468 e. The lowest BCUT2D eigenvalue weighted by Gasteiger charge is -2.36. The van der Waals surface area contributed by atoms with Gasteiger partial charge in [0.2, 0.25) is 0 Å². The summed E-state index contributed by atoms with van der Waals surface area (Å²) in [5, 5.41) is 5.83. The van der Waals surface area contributed by atoms with E-state index in [1.807, 2.05) is 4.90 Å². The fourth-order valence-electron chi connectivity index (χ4n) is 0.985. The zero-order valence-corrected chi connectivity index (χ0v) is 7.26. The molecule has 1 heterocycles. The molecule has 0 unspecified atom stereocenters. The van der Waals surface area contributed by atoms with Gasteiger partial charge in [0, 0.05) is 18.3 Å². The number of rotatable bonds is 3. The summed E-state index contributed by atoms with van der Waals surface area (Å²) < 4.78 is 4.51. The molecule has 4 nitrogen and oxygen atoms in total. The maximum absolute atomic E-state index is 10.7. The first-order valence-electron chi connectivity index (χ1n) is 3.41. The van der Waals surface area contributed by atoms with Gasteiger partial charge >= 0.3 is 5.97 Å². The average Bonchev–Trinajstić information content (AvgIpc) is 1.95. The van der Waals surface area contributed by atoms with E-state index < -0.39 is 0 Å². The minimum absolute atomic E-state index is 0.175. The van der Waals surface area contributed by atoms with Crippen LogP contribution < -0.4 is 5.14 Å². The van der Waals surface area contributed by atoms with Crippen molar-refractivity contribution >= 4 is 17.9 Å². The topological polar surface area (TPSA) is 55.6 Å². The van der Waals surface area contributed by atoms with Gasteiger partial charge in [0.15, 0.2) is 0 Å². The lowest BCUT2D eigenvalue weighted by Crippen LogP contribution is -2.51. The molecular formula is C6H12N2O2S. The van der Waals surface area contributed by atoms with Gasteiger partial charge in [-0.15, -0.1) is 0 Å². The third-order valence-corrected chi connectivity index (χ3v) is 2.38. The lowest BCUT2D eigenvalue weighted by molar-refractivity contribution is -0.142. The van der Waals surface area contributed by atoms with Crippen molar-refractivity contribution in [1.29, 1.82) is 0 Å². The quantitative estimate of drug-likeness (QED) is 0.462. The molecule has 0 aromatic carbocycles. The zero-order valence-electron chi connectivity index (χ0n) is 6.45. The van der Waals surface area contributed by atoms with Crippen LogP contribution in [0, 0.1) is 0 Å². The van der Waals surface area contributed by atoms with Crippen LogP contribution in [0.5, 0.6) is 0 Å². The Morgan fingerprint density at radius 3 is 2.91 bits per heavy atom. The van der Waals surface area contributed by atoms with E-state index in [0.29, 0.717) is 11.8 Å². The van der Waals surface area contributed by atoms with Crippen LogP contribution in [0.2, 0.25) is 0 Å². The minimum atomic E-state index is -0.175. The number of carbonyl (C=O) groups excluding carboxylic acids is 1. The summed E-state index contributed by atoms with van der Waals surface area (Å²) in [6.45, 7) is 2.19. The van der Waals surface area contributed by atoms with E-state index in [4.69, 9.17) is 5.14 Å². The van der Waals surface area contributed by atoms with E-state index in [9.17, 15) is 4.79 Å². The Morgan fingerprint density at radius 1 is 1.82 bits per heavy atom. The molecule has 0 amide bonds. The highest BCUT2D eigenvalue weighted by Crippen LogP contribution is 2.16. The highest BCUT2D eigenvalue weighted by Gasteiger charge is 2.27. The van der Waals surface area contributed by atoms with Crippen LogP contribution in [0.25, 0.3) is 0 Å². The molecule has 1 saturated heterocycles. The summed E-state index contributed by atoms with van der Waals surface area (Å²) in [6.07, 6.45) is 0. The molecule has 64 valence electrons. The Kier molecular flexibility index (Phi) is 3.16. The van der Waals surface area contributed by atoms with Crippen molar-refractivity contribution in [1.82, 2.24) is 4.90 Å². The Bertz CT molecular complexity index is 148. The average molecular weight is 176 g/mol. The molecule has 11 heavy (non-hydrogen) atoms. The number of nitrogens with zero attached hydrogens (tertiary/aromatic N) is 1. The Balaban J connectivity index is 2.08. The van der Waals surface area contributed by atoms with Crippen LogP contribution >= 0.6 is 11.9 Å². The summed E-state index contributed by atoms with van der Waals surface area (Å²) in [4.78, 5) is 12.7. The summed E-state index contributed by atoms with van der Waals surface area (Å²) in [5.74, 6) is -0.175. The Labute approximate surface area is 70.2 Å². The molecule has 1 fully saturated rings. The highest BCUT2D eigenvalue weighted by atomic mass is 32.2. The normalized spacial score (nSPS) is 19.5. The maximum atomic E-state index is 10.7. The summed E-state index contributed by atoms with van der Waals surface area (Å²) >= 11 is 1.36. The fourth-order valence-corrected chi connectivity index (χ4v) is 1.58. The number of hydrogen-bond acceptors (Lipinski definition) is 5. The number of carbonyl (C=O) groups is 1. The number of ether oxygens (including phenoxy) is 1. The van der Waals surface area contributed by atoms with Crippen molar-refractivity contribution in [2.24, 2.45) is 5.14 Å². The van der Waals surface area contributed by atoms with Crippen LogP contribution in [0.1, 0.15) is 0 Å². The molecule has 0 saturated carbocycles. The van der Waals surface area contributed by atoms with E-state index in [2.05, 4.69) is 4.74 Å². The SMILES string of the molecule is COC(=O)CN1CC(SN)C1. The van der Waals surface area contributed by atoms with Crippen LogP contribution in [-0.4, -0.2) is 42.9 Å². The molecule has 0 aromatic heterocycles. The van der Waals surface area contributed by atoms with E-state index in [1.165, 1.54) is 19.1 Å². The molecule has 0 radical (unpaired) electrons. The summed E-state index contributed by atoms with van der Waals surface area (Å²) in [7, 11) is 1.40. The third kappa shape index (κ3) is 2.36. The predicted octanol–water partition coefficient (Wildman–Crippen LogP) is -0.550. The molecule has 1 aliphatic heterocycles. The monoisotopic (exact) mass is 176 g/mol. The van der Waals surface area contributed by atoms with Gasteiger partial charge in [-0.05, 0) is 0 Å². The summed E-state index contributed by atoms with van der Waals surface area (Å²) in [6, 6.07) is 0. The highest BCUT2D eigenvalue weighted by molar-refractivity contribution is 7.97. The first-order valence-corrected chi connectivity index (χ1v) is 4.35. The molecule has 5 heteroatoms. The number of hydrogen-bond donors (Lipinski definition) is 1.